The molecule has 0 amide bonds. The lowest BCUT2D eigenvalue weighted by Crippen LogP contribution is -2.37. The van der Waals surface area contributed by atoms with Crippen LogP contribution in [-0.4, -0.2) is 51.3 Å². The predicted molar refractivity (Wildman–Crippen MR) is 66.3 cm³/mol. The summed E-state index contributed by atoms with van der Waals surface area (Å²) in [4.78, 5) is 2.14. The summed E-state index contributed by atoms with van der Waals surface area (Å²) in [7, 11) is 4.13. The van der Waals surface area contributed by atoms with E-state index in [0.717, 1.165) is 26.3 Å². The van der Waals surface area contributed by atoms with Crippen molar-refractivity contribution < 1.29 is 4.74 Å². The van der Waals surface area contributed by atoms with Gasteiger partial charge in [0.1, 0.15) is 0 Å². The normalized spacial score (nSPS) is 12.8. The Kier molecular flexibility index (Phi) is 7.14. The molecular weight excluding hydrogens is 188 g/mol. The van der Waals surface area contributed by atoms with E-state index in [9.17, 15) is 0 Å². The van der Waals surface area contributed by atoms with Gasteiger partial charge in [-0.15, -0.1) is 0 Å². The van der Waals surface area contributed by atoms with E-state index >= 15 is 0 Å². The molecule has 0 aromatic carbocycles. The van der Waals surface area contributed by atoms with Crippen LogP contribution in [0.1, 0.15) is 27.7 Å². The van der Waals surface area contributed by atoms with Gasteiger partial charge in [0.25, 0.3) is 0 Å². The largest absolute Gasteiger partial charge is 0.380 e. The van der Waals surface area contributed by atoms with E-state index in [-0.39, 0.29) is 5.41 Å². The second-order valence-corrected chi connectivity index (χ2v) is 5.56. The van der Waals surface area contributed by atoms with Crippen molar-refractivity contribution in [1.82, 2.24) is 10.2 Å². The van der Waals surface area contributed by atoms with Crippen LogP contribution < -0.4 is 5.32 Å². The lowest BCUT2D eigenvalue weighted by Gasteiger charge is -2.26. The first kappa shape index (κ1) is 14.9. The van der Waals surface area contributed by atoms with Gasteiger partial charge in [0.2, 0.25) is 0 Å². The fraction of sp³-hybridized carbons (Fsp3) is 1.00. The molecule has 0 aliphatic rings. The monoisotopic (exact) mass is 216 g/mol. The number of likely N-dealkylation sites (N-methyl/N-ethyl adjacent to an activating group) is 1. The Morgan fingerprint density at radius 2 is 1.87 bits per heavy atom. The maximum Gasteiger partial charge on any atom is 0.0593 e. The zero-order valence-corrected chi connectivity index (χ0v) is 11.3. The van der Waals surface area contributed by atoms with Crippen LogP contribution in [0.25, 0.3) is 0 Å². The summed E-state index contributed by atoms with van der Waals surface area (Å²) in [5.74, 6) is 0. The van der Waals surface area contributed by atoms with Gasteiger partial charge in [-0.3, -0.25) is 0 Å². The van der Waals surface area contributed by atoms with Crippen LogP contribution in [0.3, 0.4) is 0 Å². The van der Waals surface area contributed by atoms with E-state index in [2.05, 4.69) is 52.0 Å². The minimum atomic E-state index is 0.219. The molecule has 0 unspecified atom stereocenters. The predicted octanol–water partition coefficient (Wildman–Crippen LogP) is 1.59. The molecule has 0 aromatic rings. The lowest BCUT2D eigenvalue weighted by atomic mass is 9.94. The Hall–Kier alpha value is -0.120. The maximum atomic E-state index is 5.66. The van der Waals surface area contributed by atoms with Gasteiger partial charge in [0, 0.05) is 24.5 Å². The quantitative estimate of drug-likeness (QED) is 0.624. The highest BCUT2D eigenvalue weighted by Gasteiger charge is 2.17. The van der Waals surface area contributed by atoms with Gasteiger partial charge in [0.05, 0.1) is 13.2 Å². The average Bonchev–Trinajstić information content (AvgIpc) is 2.09. The third-order valence-electron chi connectivity index (χ3n) is 2.16. The summed E-state index contributed by atoms with van der Waals surface area (Å²) in [6.07, 6.45) is 0. The molecule has 0 atom stereocenters. The smallest absolute Gasteiger partial charge is 0.0593 e. The summed E-state index contributed by atoms with van der Waals surface area (Å²) in [6, 6.07) is 0.547. The molecule has 1 N–H and O–H groups in total. The highest BCUT2D eigenvalue weighted by atomic mass is 16.5. The van der Waals surface area contributed by atoms with E-state index in [1.165, 1.54) is 0 Å². The van der Waals surface area contributed by atoms with Gasteiger partial charge >= 0.3 is 0 Å². The van der Waals surface area contributed by atoms with Crippen LogP contribution in [0.5, 0.6) is 0 Å². The average molecular weight is 216 g/mol. The minimum absolute atomic E-state index is 0.219. The number of nitrogens with one attached hydrogen (secondary N) is 1. The van der Waals surface area contributed by atoms with Crippen LogP contribution in [-0.2, 0) is 4.74 Å². The van der Waals surface area contributed by atoms with E-state index in [4.69, 9.17) is 4.74 Å². The summed E-state index contributed by atoms with van der Waals surface area (Å²) < 4.78 is 5.66. The van der Waals surface area contributed by atoms with Crippen molar-refractivity contribution >= 4 is 0 Å². The standard InChI is InChI=1S/C12H28N2O/c1-11(2)13-9-12(3,4)10-15-8-7-14(5)6/h11,13H,7-10H2,1-6H3. The van der Waals surface area contributed by atoms with E-state index in [0.29, 0.717) is 6.04 Å². The Bertz CT molecular complexity index is 156. The Labute approximate surface area is 95.2 Å². The molecule has 0 bridgehead atoms. The van der Waals surface area contributed by atoms with E-state index in [1.54, 1.807) is 0 Å². The van der Waals surface area contributed by atoms with Gasteiger partial charge < -0.3 is 15.0 Å². The van der Waals surface area contributed by atoms with E-state index < -0.39 is 0 Å². The Morgan fingerprint density at radius 3 is 2.33 bits per heavy atom. The fourth-order valence-corrected chi connectivity index (χ4v) is 1.13. The summed E-state index contributed by atoms with van der Waals surface area (Å²) >= 11 is 0. The van der Waals surface area contributed by atoms with Crippen LogP contribution in [0.15, 0.2) is 0 Å². The van der Waals surface area contributed by atoms with Crippen molar-refractivity contribution in [3.63, 3.8) is 0 Å². The molecule has 0 aliphatic carbocycles. The molecule has 0 saturated carbocycles. The van der Waals surface area contributed by atoms with Gasteiger partial charge in [-0.1, -0.05) is 27.7 Å². The molecule has 3 heteroatoms. The SMILES string of the molecule is CC(C)NCC(C)(C)COCCN(C)C. The molecule has 0 rings (SSSR count). The van der Waals surface area contributed by atoms with Crippen LogP contribution in [0.4, 0.5) is 0 Å². The lowest BCUT2D eigenvalue weighted by molar-refractivity contribution is 0.0530. The van der Waals surface area contributed by atoms with Gasteiger partial charge in [0.15, 0.2) is 0 Å². The zero-order valence-electron chi connectivity index (χ0n) is 11.3. The molecule has 0 heterocycles. The number of hydrogen-bond acceptors (Lipinski definition) is 3. The van der Waals surface area contributed by atoms with Crippen molar-refractivity contribution in [2.75, 3.05) is 40.4 Å². The second kappa shape index (κ2) is 7.20. The molecule has 0 aromatic heterocycles. The number of ether oxygens (including phenoxy) is 1. The fourth-order valence-electron chi connectivity index (χ4n) is 1.13. The molecular formula is C12H28N2O. The van der Waals surface area contributed by atoms with Crippen molar-refractivity contribution in [2.45, 2.75) is 33.7 Å². The number of nitrogens with zero attached hydrogens (tertiary/aromatic N) is 1. The molecule has 0 aliphatic heterocycles. The van der Waals surface area contributed by atoms with Gasteiger partial charge in [-0.25, -0.2) is 0 Å². The molecule has 3 nitrogen and oxygen atoms in total. The van der Waals surface area contributed by atoms with Crippen molar-refractivity contribution in [3.05, 3.63) is 0 Å². The summed E-state index contributed by atoms with van der Waals surface area (Å²) in [5, 5.41) is 3.45. The third-order valence-corrected chi connectivity index (χ3v) is 2.16. The first-order chi connectivity index (χ1) is 6.83. The number of hydrogen-bond donors (Lipinski definition) is 1. The molecule has 0 radical (unpaired) electrons. The highest BCUT2D eigenvalue weighted by Crippen LogP contribution is 2.13. The van der Waals surface area contributed by atoms with Gasteiger partial charge in [-0.05, 0) is 14.1 Å². The topological polar surface area (TPSA) is 24.5 Å². The first-order valence-electron chi connectivity index (χ1n) is 5.79. The molecule has 15 heavy (non-hydrogen) atoms. The molecule has 0 spiro atoms. The summed E-state index contributed by atoms with van der Waals surface area (Å²) in [6.45, 7) is 12.4. The Balaban J connectivity index is 3.55. The molecule has 0 saturated heterocycles. The van der Waals surface area contributed by atoms with Crippen molar-refractivity contribution in [3.8, 4) is 0 Å². The summed E-state index contributed by atoms with van der Waals surface area (Å²) in [5.41, 5.74) is 0.219. The van der Waals surface area contributed by atoms with Gasteiger partial charge in [-0.2, -0.15) is 0 Å². The zero-order chi connectivity index (χ0) is 11.9. The highest BCUT2D eigenvalue weighted by molar-refractivity contribution is 4.72. The van der Waals surface area contributed by atoms with Crippen molar-refractivity contribution in [1.29, 1.82) is 0 Å². The number of rotatable bonds is 8. The first-order valence-corrected chi connectivity index (χ1v) is 5.79. The van der Waals surface area contributed by atoms with Crippen LogP contribution >= 0.6 is 0 Å². The minimum Gasteiger partial charge on any atom is -0.380 e. The van der Waals surface area contributed by atoms with Crippen LogP contribution in [0, 0.1) is 5.41 Å². The van der Waals surface area contributed by atoms with E-state index in [1.807, 2.05) is 0 Å². The van der Waals surface area contributed by atoms with Crippen molar-refractivity contribution in [2.24, 2.45) is 5.41 Å². The molecule has 92 valence electrons. The molecule has 0 fully saturated rings. The Morgan fingerprint density at radius 1 is 1.27 bits per heavy atom. The second-order valence-electron chi connectivity index (χ2n) is 5.56. The third kappa shape index (κ3) is 10.2. The van der Waals surface area contributed by atoms with Crippen LogP contribution in [0.2, 0.25) is 0 Å². The maximum absolute atomic E-state index is 5.66.